The molecule has 0 atom stereocenters. The minimum atomic E-state index is -6.00. The number of carbonyl (C=O) groups excluding carboxylic acids is 1. The molecule has 1 nitrogen and oxygen atoms in total. The monoisotopic (exact) mass is 419 g/mol. The number of hydrogen-bond donors (Lipinski definition) is 0. The van der Waals surface area contributed by atoms with Crippen molar-refractivity contribution in [2.24, 2.45) is 0 Å². The number of halogens is 12. The third kappa shape index (κ3) is 81.0. The van der Waals surface area contributed by atoms with Crippen LogP contribution in [0.1, 0.15) is 5.56 Å². The fourth-order valence-corrected chi connectivity index (χ4v) is 1.52. The van der Waals surface area contributed by atoms with E-state index in [4.69, 9.17) is 0 Å². The van der Waals surface area contributed by atoms with Crippen molar-refractivity contribution in [2.75, 3.05) is 0 Å². The molecule has 1 aromatic carbocycles. The van der Waals surface area contributed by atoms with Gasteiger partial charge in [-0.05, 0) is 0 Å². The average Bonchev–Trinajstić information content (AvgIpc) is 2.21. The molecule has 25 heavy (non-hydrogen) atoms. The molecule has 1 aromatic rings. The average molecular weight is 419 g/mol. The molecule has 0 unspecified atom stereocenters. The fraction of sp³-hybridized carbons (Fsp3) is 0.125. The van der Waals surface area contributed by atoms with E-state index in [-0.39, 0.29) is 0 Å². The molecule has 0 aliphatic carbocycles. The molecule has 0 N–H and O–H groups in total. The van der Waals surface area contributed by atoms with Gasteiger partial charge in [-0.1, -0.05) is 0 Å². The van der Waals surface area contributed by atoms with Crippen molar-refractivity contribution in [3.63, 3.8) is 0 Å². The van der Waals surface area contributed by atoms with E-state index in [9.17, 15) is 56.6 Å². The number of carbonyl (C=O) groups is 1. The summed E-state index contributed by atoms with van der Waals surface area (Å²) in [6, 6.07) is 9.87. The SMILES string of the molecule is F[B-](F)(F)F.F[B-](F)(F)F.F[B-](F)(F)F.O=[C]([K])Cc1ccccc1. The first kappa shape index (κ1) is 29.6. The Balaban J connectivity index is -0.000000279. The zero-order chi connectivity index (χ0) is 20.9. The Labute approximate surface area is 168 Å². The molecule has 0 radical (unpaired) electrons. The summed E-state index contributed by atoms with van der Waals surface area (Å²) in [4.78, 5) is 10.7. The fourth-order valence-electron chi connectivity index (χ4n) is 0.883. The topological polar surface area (TPSA) is 17.1 Å². The van der Waals surface area contributed by atoms with E-state index in [0.717, 1.165) is 5.56 Å². The van der Waals surface area contributed by atoms with E-state index >= 15 is 0 Å². The van der Waals surface area contributed by atoms with Crippen LogP contribution < -0.4 is 0 Å². The normalized spacial score (nSPS) is 11.0. The first-order valence-corrected chi connectivity index (χ1v) is 7.50. The van der Waals surface area contributed by atoms with Crippen LogP contribution in [-0.4, -0.2) is 70.6 Å². The standard InChI is InChI=1S/C8H7O.3BF4.K/c9-7-6-8-4-2-1-3-5-8;3*2-1(3,4)5;/h1-5H,6H2;;;;/q;3*-1;. The first-order chi connectivity index (χ1) is 10.8. The van der Waals surface area contributed by atoms with Gasteiger partial charge in [0.05, 0.1) is 0 Å². The summed E-state index contributed by atoms with van der Waals surface area (Å²) in [5.74, 6) is 0. The van der Waals surface area contributed by atoms with Crippen LogP contribution in [-0.2, 0) is 11.2 Å². The Hall–Kier alpha value is -0.119. The van der Waals surface area contributed by atoms with Crippen molar-refractivity contribution < 1.29 is 56.6 Å². The Morgan fingerprint density at radius 2 is 0.920 bits per heavy atom. The van der Waals surface area contributed by atoms with Crippen molar-refractivity contribution >= 4 is 70.6 Å². The molecular weight excluding hydrogens is 412 g/mol. The van der Waals surface area contributed by atoms with Gasteiger partial charge in [0.25, 0.3) is 0 Å². The second-order valence-electron chi connectivity index (χ2n) is 3.85. The Bertz CT molecular complexity index is 414. The van der Waals surface area contributed by atoms with Crippen LogP contribution in [0.25, 0.3) is 0 Å². The molecule has 0 spiro atoms. The molecule has 0 aromatic heterocycles. The number of hydrogen-bond acceptors (Lipinski definition) is 1. The molecule has 0 aliphatic rings. The van der Waals surface area contributed by atoms with E-state index in [1.54, 1.807) is 0 Å². The zero-order valence-electron chi connectivity index (χ0n) is 12.3. The number of benzene rings is 1. The molecule has 0 aliphatic heterocycles. The van der Waals surface area contributed by atoms with E-state index < -0.39 is 21.8 Å². The zero-order valence-corrected chi connectivity index (χ0v) is 15.4. The van der Waals surface area contributed by atoms with Crippen molar-refractivity contribution in [1.29, 1.82) is 0 Å². The Morgan fingerprint density at radius 3 is 1.12 bits per heavy atom. The van der Waals surface area contributed by atoms with Crippen LogP contribution in [0, 0.1) is 0 Å². The molecule has 142 valence electrons. The van der Waals surface area contributed by atoms with Crippen LogP contribution in [0.2, 0.25) is 0 Å². The summed E-state index contributed by atoms with van der Waals surface area (Å²) in [5, 5.41) is 0. The maximum absolute atomic E-state index is 10.7. The van der Waals surface area contributed by atoms with Gasteiger partial charge in [0.15, 0.2) is 0 Å². The van der Waals surface area contributed by atoms with Crippen LogP contribution in [0.5, 0.6) is 0 Å². The van der Waals surface area contributed by atoms with Gasteiger partial charge >= 0.3 is 118 Å². The molecule has 0 fully saturated rings. The third-order valence-corrected chi connectivity index (χ3v) is 1.85. The van der Waals surface area contributed by atoms with Crippen molar-refractivity contribution in [3.8, 4) is 0 Å². The van der Waals surface area contributed by atoms with Gasteiger partial charge in [0, 0.05) is 0 Å². The summed E-state index contributed by atoms with van der Waals surface area (Å²) in [7, 11) is -18.0. The van der Waals surface area contributed by atoms with E-state index in [1.165, 1.54) is 0 Å². The second kappa shape index (κ2) is 14.0. The maximum atomic E-state index is 10.7. The van der Waals surface area contributed by atoms with E-state index in [1.807, 2.05) is 30.3 Å². The van der Waals surface area contributed by atoms with Crippen LogP contribution >= 0.6 is 0 Å². The summed E-state index contributed by atoms with van der Waals surface area (Å²) in [6.07, 6.45) is 0.640. The van der Waals surface area contributed by atoms with Crippen molar-refractivity contribution in [3.05, 3.63) is 35.9 Å². The van der Waals surface area contributed by atoms with Gasteiger partial charge in [-0.15, -0.1) is 0 Å². The van der Waals surface area contributed by atoms with Gasteiger partial charge in [0.1, 0.15) is 0 Å². The van der Waals surface area contributed by atoms with Gasteiger partial charge in [-0.25, -0.2) is 0 Å². The molecular formula is C8H7B3F12KO-3. The van der Waals surface area contributed by atoms with Gasteiger partial charge in [-0.2, -0.15) is 0 Å². The minimum absolute atomic E-state index is 0.336. The molecule has 0 bridgehead atoms. The van der Waals surface area contributed by atoms with Crippen LogP contribution in [0.4, 0.5) is 51.8 Å². The molecule has 0 saturated carbocycles. The summed E-state index contributed by atoms with van der Waals surface area (Å²) < 4.78 is 117. The van der Waals surface area contributed by atoms with E-state index in [0.29, 0.717) is 55.3 Å². The summed E-state index contributed by atoms with van der Waals surface area (Å²) in [6.45, 7) is 0. The molecule has 17 heteroatoms. The first-order valence-electron chi connectivity index (χ1n) is 5.94. The molecule has 0 amide bonds. The third-order valence-electron chi connectivity index (χ3n) is 1.30. The van der Waals surface area contributed by atoms with Gasteiger partial charge < -0.3 is 51.8 Å². The van der Waals surface area contributed by atoms with Crippen molar-refractivity contribution in [2.45, 2.75) is 6.42 Å². The Kier molecular flexibility index (Phi) is 16.6. The second-order valence-corrected chi connectivity index (χ2v) is 5.59. The number of rotatable bonds is 2. The molecule has 0 heterocycles. The predicted molar refractivity (Wildman–Crippen MR) is 71.5 cm³/mol. The summed E-state index contributed by atoms with van der Waals surface area (Å²) >= 11 is 0.336. The van der Waals surface area contributed by atoms with Crippen LogP contribution in [0.3, 0.4) is 0 Å². The quantitative estimate of drug-likeness (QED) is 0.497. The molecule has 1 rings (SSSR count). The Morgan fingerprint density at radius 1 is 0.680 bits per heavy atom. The van der Waals surface area contributed by atoms with Crippen LogP contribution in [0.15, 0.2) is 30.3 Å². The van der Waals surface area contributed by atoms with Crippen molar-refractivity contribution in [1.82, 2.24) is 0 Å². The summed E-state index contributed by atoms with van der Waals surface area (Å²) in [5.41, 5.74) is 1.14. The van der Waals surface area contributed by atoms with Gasteiger partial charge in [-0.3, -0.25) is 0 Å². The van der Waals surface area contributed by atoms with Gasteiger partial charge in [0.2, 0.25) is 0 Å². The molecule has 0 saturated heterocycles. The predicted octanol–water partition coefficient (Wildman–Crippen LogP) is 4.82. The van der Waals surface area contributed by atoms with E-state index in [2.05, 4.69) is 0 Å².